The first-order valence-corrected chi connectivity index (χ1v) is 10.8. The number of carbonyl (C=O) groups excluding carboxylic acids is 3. The Morgan fingerprint density at radius 2 is 1.79 bits per heavy atom. The van der Waals surface area contributed by atoms with Crippen LogP contribution in [0.25, 0.3) is 0 Å². The van der Waals surface area contributed by atoms with Crippen molar-refractivity contribution in [2.45, 2.75) is 12.8 Å². The average molecular weight is 476 g/mol. The summed E-state index contributed by atoms with van der Waals surface area (Å²) in [5.74, 6) is -1.36. The summed E-state index contributed by atoms with van der Waals surface area (Å²) in [6, 6.07) is 6.45. The van der Waals surface area contributed by atoms with Gasteiger partial charge in [0.25, 0.3) is 11.8 Å². The van der Waals surface area contributed by atoms with E-state index in [9.17, 15) is 14.4 Å². The summed E-state index contributed by atoms with van der Waals surface area (Å²) in [5.41, 5.74) is 0.280. The zero-order chi connectivity index (χ0) is 21.0. The Morgan fingerprint density at radius 1 is 1.10 bits per heavy atom. The molecule has 1 fully saturated rings. The van der Waals surface area contributed by atoms with Gasteiger partial charge >= 0.3 is 5.97 Å². The third-order valence-corrected chi connectivity index (χ3v) is 6.37. The molecular weight excluding hydrogens is 459 g/mol. The van der Waals surface area contributed by atoms with E-state index in [1.165, 1.54) is 23.5 Å². The summed E-state index contributed by atoms with van der Waals surface area (Å²) in [6.07, 6.45) is 0.992. The molecule has 0 aliphatic carbocycles. The van der Waals surface area contributed by atoms with Crippen molar-refractivity contribution in [3.63, 3.8) is 0 Å². The van der Waals surface area contributed by atoms with Gasteiger partial charge in [-0.3, -0.25) is 14.4 Å². The van der Waals surface area contributed by atoms with E-state index in [0.29, 0.717) is 30.8 Å². The predicted molar refractivity (Wildman–Crippen MR) is 114 cm³/mol. The van der Waals surface area contributed by atoms with E-state index < -0.39 is 18.5 Å². The van der Waals surface area contributed by atoms with Crippen LogP contribution in [0, 0.1) is 5.92 Å². The molecule has 29 heavy (non-hydrogen) atoms. The summed E-state index contributed by atoms with van der Waals surface area (Å²) in [5, 5.41) is 5.12. The van der Waals surface area contributed by atoms with Crippen molar-refractivity contribution in [3.8, 4) is 0 Å². The predicted octanol–water partition coefficient (Wildman–Crippen LogP) is 4.74. The number of halogens is 3. The standard InChI is InChI=1S/C19H17Cl3N2O4S/c20-12-8-14(22)15(9-13(12)21)23-17(25)10-28-19(27)11-3-5-24(6-4-11)18(26)16-2-1-7-29-16/h1-2,7-9,11H,3-6,10H2,(H,23,25). The fourth-order valence-electron chi connectivity index (χ4n) is 2.93. The van der Waals surface area contributed by atoms with Gasteiger partial charge in [0.1, 0.15) is 0 Å². The molecule has 1 aromatic heterocycles. The number of amides is 2. The molecule has 10 heteroatoms. The molecule has 1 saturated heterocycles. The number of ether oxygens (including phenoxy) is 1. The van der Waals surface area contributed by atoms with Gasteiger partial charge in [-0.05, 0) is 36.4 Å². The number of nitrogens with one attached hydrogen (secondary N) is 1. The van der Waals surface area contributed by atoms with E-state index >= 15 is 0 Å². The van der Waals surface area contributed by atoms with Crippen LogP contribution in [0.5, 0.6) is 0 Å². The number of nitrogens with zero attached hydrogens (tertiary/aromatic N) is 1. The molecule has 2 aromatic rings. The number of esters is 1. The van der Waals surface area contributed by atoms with Gasteiger partial charge in [0.2, 0.25) is 0 Å². The van der Waals surface area contributed by atoms with Crippen molar-refractivity contribution >= 4 is 69.6 Å². The number of thiophene rings is 1. The summed E-state index contributed by atoms with van der Waals surface area (Å²) >= 11 is 19.2. The molecule has 1 N–H and O–H groups in total. The van der Waals surface area contributed by atoms with Crippen LogP contribution in [0.1, 0.15) is 22.5 Å². The molecule has 154 valence electrons. The van der Waals surface area contributed by atoms with Crippen LogP contribution in [0.4, 0.5) is 5.69 Å². The lowest BCUT2D eigenvalue weighted by Gasteiger charge is -2.30. The second-order valence-corrected chi connectivity index (χ2v) is 8.62. The number of likely N-dealkylation sites (tertiary alicyclic amines) is 1. The van der Waals surface area contributed by atoms with Crippen LogP contribution >= 0.6 is 46.1 Å². The smallest absolute Gasteiger partial charge is 0.309 e. The first kappa shape index (κ1) is 21.9. The highest BCUT2D eigenvalue weighted by Gasteiger charge is 2.29. The molecule has 0 unspecified atom stereocenters. The highest BCUT2D eigenvalue weighted by molar-refractivity contribution is 7.12. The number of benzene rings is 1. The third kappa shape index (κ3) is 5.63. The first-order valence-electron chi connectivity index (χ1n) is 8.79. The van der Waals surface area contributed by atoms with Gasteiger partial charge in [-0.25, -0.2) is 0 Å². The molecule has 1 aliphatic heterocycles. The lowest BCUT2D eigenvalue weighted by atomic mass is 9.97. The van der Waals surface area contributed by atoms with E-state index in [2.05, 4.69) is 5.32 Å². The number of anilines is 1. The number of hydrogen-bond donors (Lipinski definition) is 1. The Kier molecular flexibility index (Phi) is 7.40. The molecule has 2 heterocycles. The van der Waals surface area contributed by atoms with Crippen molar-refractivity contribution in [2.24, 2.45) is 5.92 Å². The molecule has 3 rings (SSSR count). The van der Waals surface area contributed by atoms with Gasteiger partial charge in [0.15, 0.2) is 6.61 Å². The van der Waals surface area contributed by atoms with E-state index in [0.717, 1.165) is 0 Å². The van der Waals surface area contributed by atoms with Crippen molar-refractivity contribution < 1.29 is 19.1 Å². The van der Waals surface area contributed by atoms with Crippen LogP contribution in [-0.4, -0.2) is 42.4 Å². The highest BCUT2D eigenvalue weighted by atomic mass is 35.5. The van der Waals surface area contributed by atoms with Crippen LogP contribution in [0.2, 0.25) is 15.1 Å². The topological polar surface area (TPSA) is 75.7 Å². The minimum absolute atomic E-state index is 0.0234. The second kappa shape index (κ2) is 9.80. The van der Waals surface area contributed by atoms with Crippen LogP contribution in [0.3, 0.4) is 0 Å². The number of piperidine rings is 1. The molecular formula is C19H17Cl3N2O4S. The molecule has 1 aromatic carbocycles. The van der Waals surface area contributed by atoms with Crippen LogP contribution < -0.4 is 5.32 Å². The van der Waals surface area contributed by atoms with Gasteiger partial charge < -0.3 is 15.0 Å². The van der Waals surface area contributed by atoms with Crippen molar-refractivity contribution in [2.75, 3.05) is 25.0 Å². The normalized spacial score (nSPS) is 14.5. The Labute approximate surface area is 186 Å². The van der Waals surface area contributed by atoms with E-state index in [1.807, 2.05) is 11.4 Å². The van der Waals surface area contributed by atoms with Crippen molar-refractivity contribution in [3.05, 3.63) is 49.6 Å². The average Bonchev–Trinajstić information content (AvgIpc) is 3.24. The van der Waals surface area contributed by atoms with Crippen molar-refractivity contribution in [1.82, 2.24) is 4.90 Å². The molecule has 6 nitrogen and oxygen atoms in total. The Bertz CT molecular complexity index is 912. The number of carbonyl (C=O) groups is 3. The second-order valence-electron chi connectivity index (χ2n) is 6.45. The molecule has 0 bridgehead atoms. The zero-order valence-corrected chi connectivity index (χ0v) is 18.2. The van der Waals surface area contributed by atoms with Gasteiger partial charge in [-0.1, -0.05) is 40.9 Å². The van der Waals surface area contributed by atoms with Gasteiger partial charge in [-0.2, -0.15) is 0 Å². The fourth-order valence-corrected chi connectivity index (χ4v) is 4.22. The molecule has 0 spiro atoms. The Morgan fingerprint density at radius 3 is 2.45 bits per heavy atom. The zero-order valence-electron chi connectivity index (χ0n) is 15.1. The maximum absolute atomic E-state index is 12.3. The Balaban J connectivity index is 1.45. The summed E-state index contributed by atoms with van der Waals surface area (Å²) in [7, 11) is 0. The maximum Gasteiger partial charge on any atom is 0.309 e. The third-order valence-electron chi connectivity index (χ3n) is 4.48. The highest BCUT2D eigenvalue weighted by Crippen LogP contribution is 2.32. The van der Waals surface area contributed by atoms with Gasteiger partial charge in [0, 0.05) is 13.1 Å². The summed E-state index contributed by atoms with van der Waals surface area (Å²) < 4.78 is 5.12. The maximum atomic E-state index is 12.3. The van der Waals surface area contributed by atoms with Crippen molar-refractivity contribution in [1.29, 1.82) is 0 Å². The Hall–Kier alpha value is -1.80. The summed E-state index contributed by atoms with van der Waals surface area (Å²) in [6.45, 7) is 0.507. The minimum atomic E-state index is -0.538. The minimum Gasteiger partial charge on any atom is -0.455 e. The first-order chi connectivity index (χ1) is 13.8. The molecule has 0 saturated carbocycles. The SMILES string of the molecule is O=C(COC(=O)C1CCN(C(=O)c2cccs2)CC1)Nc1cc(Cl)c(Cl)cc1Cl. The monoisotopic (exact) mass is 474 g/mol. The van der Waals surface area contributed by atoms with E-state index in [4.69, 9.17) is 39.5 Å². The molecule has 1 aliphatic rings. The number of hydrogen-bond acceptors (Lipinski definition) is 5. The van der Waals surface area contributed by atoms with Gasteiger partial charge in [0.05, 0.1) is 31.6 Å². The van der Waals surface area contributed by atoms with E-state index in [1.54, 1.807) is 11.0 Å². The fraction of sp³-hybridized carbons (Fsp3) is 0.316. The van der Waals surface area contributed by atoms with E-state index in [-0.39, 0.29) is 32.6 Å². The van der Waals surface area contributed by atoms with Gasteiger partial charge in [-0.15, -0.1) is 11.3 Å². The molecule has 0 radical (unpaired) electrons. The lowest BCUT2D eigenvalue weighted by Crippen LogP contribution is -2.40. The number of rotatable bonds is 5. The summed E-state index contributed by atoms with van der Waals surface area (Å²) in [4.78, 5) is 39.1. The quantitative estimate of drug-likeness (QED) is 0.500. The van der Waals surface area contributed by atoms with Crippen LogP contribution in [0.15, 0.2) is 29.6 Å². The van der Waals surface area contributed by atoms with Crippen LogP contribution in [-0.2, 0) is 14.3 Å². The largest absolute Gasteiger partial charge is 0.455 e. The molecule has 0 atom stereocenters. The lowest BCUT2D eigenvalue weighted by molar-refractivity contribution is -0.152. The molecule has 2 amide bonds.